The maximum Gasteiger partial charge on any atom is 0.171 e. The van der Waals surface area contributed by atoms with Gasteiger partial charge in [0.1, 0.15) is 0 Å². The molecule has 0 aliphatic carbocycles. The van der Waals surface area contributed by atoms with E-state index in [1.165, 1.54) is 36.0 Å². The molecule has 0 spiro atoms. The summed E-state index contributed by atoms with van der Waals surface area (Å²) in [5.41, 5.74) is 4.30. The molecule has 0 atom stereocenters. The van der Waals surface area contributed by atoms with E-state index >= 15 is 0 Å². The number of hydrogen-bond acceptors (Lipinski definition) is 0. The van der Waals surface area contributed by atoms with Crippen LogP contribution in [0.2, 0.25) is 0 Å². The zero-order valence-electron chi connectivity index (χ0n) is 12.8. The lowest BCUT2D eigenvalue weighted by atomic mass is 10.0. The molecule has 0 amide bonds. The fourth-order valence-electron chi connectivity index (χ4n) is 2.44. The van der Waals surface area contributed by atoms with Gasteiger partial charge in [-0.1, -0.05) is 44.5 Å². The van der Waals surface area contributed by atoms with E-state index in [-0.39, 0.29) is 0 Å². The van der Waals surface area contributed by atoms with E-state index in [0.29, 0.717) is 0 Å². The van der Waals surface area contributed by atoms with Crippen LogP contribution in [-0.4, -0.2) is 0 Å². The molecular formula is C19H26N+. The summed E-state index contributed by atoms with van der Waals surface area (Å²) < 4.78 is 2.30. The van der Waals surface area contributed by atoms with E-state index in [9.17, 15) is 0 Å². The molecule has 0 fully saturated rings. The highest BCUT2D eigenvalue weighted by Gasteiger charge is 2.03. The highest BCUT2D eigenvalue weighted by atomic mass is 14.9. The Balaban J connectivity index is 1.89. The largest absolute Gasteiger partial charge is 0.205 e. The Labute approximate surface area is 123 Å². The molecular weight excluding hydrogens is 242 g/mol. The zero-order valence-corrected chi connectivity index (χ0v) is 12.8. The molecule has 0 radical (unpaired) electrons. The minimum Gasteiger partial charge on any atom is -0.205 e. The summed E-state index contributed by atoms with van der Waals surface area (Å²) in [6, 6.07) is 13.5. The van der Waals surface area contributed by atoms with Crippen LogP contribution >= 0.6 is 0 Å². The summed E-state index contributed by atoms with van der Waals surface area (Å²) in [5.74, 6) is 0. The fraction of sp³-hybridized carbons (Fsp3) is 0.421. The van der Waals surface area contributed by atoms with Gasteiger partial charge in [-0.05, 0) is 36.5 Å². The highest BCUT2D eigenvalue weighted by molar-refractivity contribution is 5.22. The van der Waals surface area contributed by atoms with Gasteiger partial charge in [-0.15, -0.1) is 0 Å². The third-order valence-corrected chi connectivity index (χ3v) is 3.83. The summed E-state index contributed by atoms with van der Waals surface area (Å²) in [6.07, 6.45) is 10.4. The number of nitrogens with zero attached hydrogens (tertiary/aromatic N) is 1. The Morgan fingerprint density at radius 3 is 2.20 bits per heavy atom. The van der Waals surface area contributed by atoms with Crippen LogP contribution in [-0.2, 0) is 25.8 Å². The first kappa shape index (κ1) is 14.8. The Bertz CT molecular complexity index is 514. The molecule has 0 unspecified atom stereocenters. The van der Waals surface area contributed by atoms with Crippen molar-refractivity contribution in [2.45, 2.75) is 52.5 Å². The van der Waals surface area contributed by atoms with Crippen LogP contribution in [0.4, 0.5) is 0 Å². The van der Waals surface area contributed by atoms with Gasteiger partial charge < -0.3 is 0 Å². The van der Waals surface area contributed by atoms with Crippen LogP contribution in [0.5, 0.6) is 0 Å². The van der Waals surface area contributed by atoms with Gasteiger partial charge in [0.05, 0.1) is 0 Å². The van der Waals surface area contributed by atoms with Gasteiger partial charge in [0.15, 0.2) is 18.9 Å². The predicted octanol–water partition coefficient (Wildman–Crippen LogP) is 4.12. The van der Waals surface area contributed by atoms with Crippen LogP contribution in [0, 0.1) is 0 Å². The molecule has 2 rings (SSSR count). The molecule has 1 aromatic heterocycles. The van der Waals surface area contributed by atoms with E-state index in [1.54, 1.807) is 0 Å². The van der Waals surface area contributed by atoms with Gasteiger partial charge in [-0.25, -0.2) is 4.57 Å². The third-order valence-electron chi connectivity index (χ3n) is 3.83. The number of unbranched alkanes of at least 4 members (excludes halogenated alkanes) is 1. The number of rotatable bonds is 7. The summed E-state index contributed by atoms with van der Waals surface area (Å²) >= 11 is 0. The number of aryl methyl sites for hydroxylation is 4. The molecule has 0 saturated carbocycles. The molecule has 1 heterocycles. The minimum atomic E-state index is 1.06. The Morgan fingerprint density at radius 1 is 0.850 bits per heavy atom. The lowest BCUT2D eigenvalue weighted by molar-refractivity contribution is -0.696. The maximum atomic E-state index is 2.30. The molecule has 0 aliphatic rings. The molecule has 2 aromatic rings. The smallest absolute Gasteiger partial charge is 0.171 e. The molecule has 0 aliphatic heterocycles. The third kappa shape index (κ3) is 4.48. The number of benzene rings is 1. The second-order valence-electron chi connectivity index (χ2n) is 5.47. The van der Waals surface area contributed by atoms with Crippen molar-refractivity contribution in [3.05, 3.63) is 65.5 Å². The normalized spacial score (nSPS) is 10.7. The van der Waals surface area contributed by atoms with E-state index in [4.69, 9.17) is 0 Å². The highest BCUT2D eigenvalue weighted by Crippen LogP contribution is 2.08. The second-order valence-corrected chi connectivity index (χ2v) is 5.47. The van der Waals surface area contributed by atoms with Crippen molar-refractivity contribution >= 4 is 0 Å². The molecule has 1 heteroatoms. The Hall–Kier alpha value is -1.63. The van der Waals surface area contributed by atoms with Gasteiger partial charge in [0, 0.05) is 18.1 Å². The van der Waals surface area contributed by atoms with E-state index in [2.05, 4.69) is 67.2 Å². The SMILES string of the molecule is CCCCc1ccc(CC[n+]2cccc(CC)c2)cc1. The van der Waals surface area contributed by atoms with Gasteiger partial charge in [-0.3, -0.25) is 0 Å². The Morgan fingerprint density at radius 2 is 1.55 bits per heavy atom. The maximum absolute atomic E-state index is 2.30. The first-order chi connectivity index (χ1) is 9.81. The van der Waals surface area contributed by atoms with E-state index in [1.807, 2.05) is 0 Å². The molecule has 0 bridgehead atoms. The summed E-state index contributed by atoms with van der Waals surface area (Å²) in [5, 5.41) is 0. The zero-order chi connectivity index (χ0) is 14.2. The number of aromatic nitrogens is 1. The van der Waals surface area contributed by atoms with E-state index in [0.717, 1.165) is 19.4 Å². The molecule has 0 N–H and O–H groups in total. The molecule has 1 nitrogen and oxygen atoms in total. The van der Waals surface area contributed by atoms with Crippen LogP contribution in [0.25, 0.3) is 0 Å². The first-order valence-corrected chi connectivity index (χ1v) is 7.87. The summed E-state index contributed by atoms with van der Waals surface area (Å²) in [6.45, 7) is 5.51. The van der Waals surface area contributed by atoms with Gasteiger partial charge in [-0.2, -0.15) is 0 Å². The summed E-state index contributed by atoms with van der Waals surface area (Å²) in [7, 11) is 0. The van der Waals surface area contributed by atoms with Crippen molar-refractivity contribution < 1.29 is 4.57 Å². The average Bonchev–Trinajstić information content (AvgIpc) is 2.52. The monoisotopic (exact) mass is 268 g/mol. The van der Waals surface area contributed by atoms with E-state index < -0.39 is 0 Å². The predicted molar refractivity (Wildman–Crippen MR) is 84.8 cm³/mol. The van der Waals surface area contributed by atoms with Crippen molar-refractivity contribution in [2.24, 2.45) is 0 Å². The lowest BCUT2D eigenvalue weighted by Crippen LogP contribution is -2.34. The fourth-order valence-corrected chi connectivity index (χ4v) is 2.44. The van der Waals surface area contributed by atoms with Crippen LogP contribution in [0.1, 0.15) is 43.4 Å². The molecule has 20 heavy (non-hydrogen) atoms. The lowest BCUT2D eigenvalue weighted by Gasteiger charge is -2.03. The molecule has 106 valence electrons. The first-order valence-electron chi connectivity index (χ1n) is 7.87. The van der Waals surface area contributed by atoms with Crippen LogP contribution in [0.3, 0.4) is 0 Å². The average molecular weight is 268 g/mol. The second kappa shape index (κ2) is 7.84. The quantitative estimate of drug-likeness (QED) is 0.665. The van der Waals surface area contributed by atoms with Crippen molar-refractivity contribution in [3.8, 4) is 0 Å². The topological polar surface area (TPSA) is 3.88 Å². The van der Waals surface area contributed by atoms with Crippen molar-refractivity contribution in [3.63, 3.8) is 0 Å². The number of hydrogen-bond donors (Lipinski definition) is 0. The van der Waals surface area contributed by atoms with Crippen LogP contribution in [0.15, 0.2) is 48.8 Å². The standard InChI is InChI=1S/C19H26N/c1-3-5-7-18-9-11-19(12-10-18)13-15-20-14-6-8-17(4-2)16-20/h6,8-12,14,16H,3-5,7,13,15H2,1-2H3/q+1. The van der Waals surface area contributed by atoms with Crippen LogP contribution < -0.4 is 4.57 Å². The molecule has 0 saturated heterocycles. The number of pyridine rings is 1. The van der Waals surface area contributed by atoms with Crippen molar-refractivity contribution in [1.82, 2.24) is 0 Å². The van der Waals surface area contributed by atoms with Crippen molar-refractivity contribution in [2.75, 3.05) is 0 Å². The van der Waals surface area contributed by atoms with Gasteiger partial charge >= 0.3 is 0 Å². The molecule has 1 aromatic carbocycles. The summed E-state index contributed by atoms with van der Waals surface area (Å²) in [4.78, 5) is 0. The van der Waals surface area contributed by atoms with Gasteiger partial charge in [0.2, 0.25) is 0 Å². The minimum absolute atomic E-state index is 1.06. The Kier molecular flexibility index (Phi) is 5.79. The van der Waals surface area contributed by atoms with Crippen molar-refractivity contribution in [1.29, 1.82) is 0 Å². The van der Waals surface area contributed by atoms with Gasteiger partial charge in [0.25, 0.3) is 0 Å².